The highest BCUT2D eigenvalue weighted by atomic mass is 16.7. The Kier molecular flexibility index (Phi) is 6.91. The summed E-state index contributed by atoms with van der Waals surface area (Å²) < 4.78 is 11.9. The third kappa shape index (κ3) is 4.31. The average Bonchev–Trinajstić information content (AvgIpc) is 3.42. The first-order valence-corrected chi connectivity index (χ1v) is 12.5. The summed E-state index contributed by atoms with van der Waals surface area (Å²) in [6.45, 7) is 5.11. The molecule has 0 N–H and O–H groups in total. The largest absolute Gasteiger partial charge is 0.490 e. The molecule has 7 heteroatoms. The number of fused-ring (bicyclic) bond motifs is 1. The van der Waals surface area contributed by atoms with Crippen LogP contribution in [0.3, 0.4) is 0 Å². The standard InChI is InChI=1S/C29H30N2O5/c1-3-5-18-35-23-17-16-20(19-24(23)34-4-2)26-25-27(36-31(26)22-14-10-7-11-15-22)29(33)30(28(25)32)21-12-8-6-9-13-21/h6-17,19,25-27H,3-5,18H2,1-2H3/t25-,26+,27-/m0/s1. The monoisotopic (exact) mass is 486 g/mol. The van der Waals surface area contributed by atoms with Gasteiger partial charge in [-0.3, -0.25) is 14.4 Å². The topological polar surface area (TPSA) is 68.3 Å². The van der Waals surface area contributed by atoms with Gasteiger partial charge in [-0.2, -0.15) is 0 Å². The van der Waals surface area contributed by atoms with Gasteiger partial charge in [-0.25, -0.2) is 9.96 Å². The van der Waals surface area contributed by atoms with Gasteiger partial charge in [0, 0.05) is 0 Å². The van der Waals surface area contributed by atoms with Crippen LogP contribution in [0.1, 0.15) is 38.3 Å². The first-order valence-electron chi connectivity index (χ1n) is 12.5. The molecule has 2 amide bonds. The Morgan fingerprint density at radius 3 is 2.17 bits per heavy atom. The highest BCUT2D eigenvalue weighted by Gasteiger charge is 2.60. The fraction of sp³-hybridized carbons (Fsp3) is 0.310. The van der Waals surface area contributed by atoms with Crippen LogP contribution in [0, 0.1) is 5.92 Å². The van der Waals surface area contributed by atoms with Crippen molar-refractivity contribution in [3.8, 4) is 11.5 Å². The van der Waals surface area contributed by atoms with Gasteiger partial charge < -0.3 is 9.47 Å². The normalized spacial score (nSPS) is 21.1. The zero-order valence-electron chi connectivity index (χ0n) is 20.5. The molecular formula is C29H30N2O5. The lowest BCUT2D eigenvalue weighted by Crippen LogP contribution is -2.37. The molecule has 2 aliphatic rings. The number of anilines is 2. The summed E-state index contributed by atoms with van der Waals surface area (Å²) in [5.74, 6) is -0.0703. The van der Waals surface area contributed by atoms with E-state index < -0.39 is 18.1 Å². The van der Waals surface area contributed by atoms with Crippen LogP contribution in [-0.2, 0) is 14.4 Å². The zero-order valence-corrected chi connectivity index (χ0v) is 20.5. The van der Waals surface area contributed by atoms with Crippen molar-refractivity contribution in [1.29, 1.82) is 0 Å². The van der Waals surface area contributed by atoms with Gasteiger partial charge in [-0.1, -0.05) is 55.8 Å². The molecule has 0 aromatic heterocycles. The summed E-state index contributed by atoms with van der Waals surface area (Å²) >= 11 is 0. The van der Waals surface area contributed by atoms with Gasteiger partial charge in [-0.15, -0.1) is 0 Å². The average molecular weight is 487 g/mol. The summed E-state index contributed by atoms with van der Waals surface area (Å²) in [5, 5.41) is 1.69. The number of unbranched alkanes of at least 4 members (excludes halogenated alkanes) is 1. The fourth-order valence-corrected chi connectivity index (χ4v) is 4.81. The van der Waals surface area contributed by atoms with Gasteiger partial charge in [0.25, 0.3) is 5.91 Å². The number of hydrogen-bond acceptors (Lipinski definition) is 6. The Morgan fingerprint density at radius 2 is 1.50 bits per heavy atom. The van der Waals surface area contributed by atoms with Crippen LogP contribution in [0.5, 0.6) is 11.5 Å². The van der Waals surface area contributed by atoms with Crippen molar-refractivity contribution in [2.24, 2.45) is 5.92 Å². The maximum Gasteiger partial charge on any atom is 0.266 e. The van der Waals surface area contributed by atoms with Crippen molar-refractivity contribution in [3.05, 3.63) is 84.4 Å². The molecule has 2 heterocycles. The number of nitrogens with zero attached hydrogens (tertiary/aromatic N) is 2. The van der Waals surface area contributed by atoms with Crippen LogP contribution >= 0.6 is 0 Å². The Labute approximate surface area is 211 Å². The molecule has 0 saturated carbocycles. The fourth-order valence-electron chi connectivity index (χ4n) is 4.81. The van der Waals surface area contributed by atoms with E-state index in [1.165, 1.54) is 4.90 Å². The Morgan fingerprint density at radius 1 is 0.806 bits per heavy atom. The number of rotatable bonds is 9. The maximum atomic E-state index is 13.8. The first kappa shape index (κ1) is 23.9. The molecule has 3 atom stereocenters. The van der Waals surface area contributed by atoms with Crippen molar-refractivity contribution in [1.82, 2.24) is 0 Å². The van der Waals surface area contributed by atoms with Crippen LogP contribution in [-0.4, -0.2) is 31.1 Å². The quantitative estimate of drug-likeness (QED) is 0.301. The SMILES string of the molecule is CCCCOc1ccc([C@@H]2[C@@H]3C(=O)N(c4ccccc4)C(=O)[C@H]3ON2c2ccccc2)cc1OCC. The van der Waals surface area contributed by atoms with E-state index in [0.29, 0.717) is 30.4 Å². The Bertz CT molecular complexity index is 1220. The molecule has 0 unspecified atom stereocenters. The summed E-state index contributed by atoms with van der Waals surface area (Å²) in [4.78, 5) is 34.7. The number of hydroxylamine groups is 1. The second kappa shape index (κ2) is 10.4. The molecule has 0 radical (unpaired) electrons. The molecule has 0 aliphatic carbocycles. The van der Waals surface area contributed by atoms with Crippen molar-refractivity contribution < 1.29 is 23.9 Å². The van der Waals surface area contributed by atoms with E-state index in [-0.39, 0.29) is 11.8 Å². The van der Waals surface area contributed by atoms with Gasteiger partial charge in [0.1, 0.15) is 5.92 Å². The van der Waals surface area contributed by atoms with E-state index in [4.69, 9.17) is 14.3 Å². The molecule has 2 aliphatic heterocycles. The van der Waals surface area contributed by atoms with Crippen LogP contribution in [0.2, 0.25) is 0 Å². The second-order valence-corrected chi connectivity index (χ2v) is 8.85. The van der Waals surface area contributed by atoms with Gasteiger partial charge in [0.2, 0.25) is 5.91 Å². The minimum atomic E-state index is -0.918. The summed E-state index contributed by atoms with van der Waals surface area (Å²) in [6, 6.07) is 23.7. The van der Waals surface area contributed by atoms with Crippen LogP contribution < -0.4 is 19.4 Å². The predicted octanol–water partition coefficient (Wildman–Crippen LogP) is 5.32. The first-order chi connectivity index (χ1) is 17.6. The number of amides is 2. The van der Waals surface area contributed by atoms with Gasteiger partial charge in [-0.05, 0) is 55.3 Å². The van der Waals surface area contributed by atoms with Crippen LogP contribution in [0.4, 0.5) is 11.4 Å². The van der Waals surface area contributed by atoms with Crippen molar-refractivity contribution in [2.45, 2.75) is 38.8 Å². The Hall–Kier alpha value is -3.84. The summed E-state index contributed by atoms with van der Waals surface area (Å²) in [6.07, 6.45) is 1.06. The third-order valence-electron chi connectivity index (χ3n) is 6.51. The number of carbonyl (C=O) groups is 2. The molecule has 5 rings (SSSR count). The lowest BCUT2D eigenvalue weighted by Gasteiger charge is -2.29. The minimum Gasteiger partial charge on any atom is -0.490 e. The van der Waals surface area contributed by atoms with E-state index in [0.717, 1.165) is 24.1 Å². The molecule has 2 saturated heterocycles. The van der Waals surface area contributed by atoms with Crippen molar-refractivity contribution >= 4 is 23.2 Å². The number of ether oxygens (including phenoxy) is 2. The van der Waals surface area contributed by atoms with Crippen molar-refractivity contribution in [3.63, 3.8) is 0 Å². The number of imide groups is 1. The highest BCUT2D eigenvalue weighted by Crippen LogP contribution is 2.48. The van der Waals surface area contributed by atoms with E-state index in [2.05, 4.69) is 6.92 Å². The number of hydrogen-bond donors (Lipinski definition) is 0. The molecule has 36 heavy (non-hydrogen) atoms. The second-order valence-electron chi connectivity index (χ2n) is 8.85. The lowest BCUT2D eigenvalue weighted by molar-refractivity contribution is -0.126. The molecular weight excluding hydrogens is 456 g/mol. The summed E-state index contributed by atoms with van der Waals surface area (Å²) in [5.41, 5.74) is 2.13. The van der Waals surface area contributed by atoms with E-state index in [9.17, 15) is 9.59 Å². The lowest BCUT2D eigenvalue weighted by atomic mass is 9.90. The van der Waals surface area contributed by atoms with Gasteiger partial charge in [0.05, 0.1) is 30.6 Å². The Balaban J connectivity index is 1.55. The number of benzene rings is 3. The van der Waals surface area contributed by atoms with Gasteiger partial charge in [0.15, 0.2) is 17.6 Å². The maximum absolute atomic E-state index is 13.8. The molecule has 186 valence electrons. The van der Waals surface area contributed by atoms with E-state index in [1.807, 2.05) is 73.7 Å². The van der Waals surface area contributed by atoms with E-state index >= 15 is 0 Å². The van der Waals surface area contributed by atoms with Crippen LogP contribution in [0.15, 0.2) is 78.9 Å². The minimum absolute atomic E-state index is 0.277. The van der Waals surface area contributed by atoms with E-state index in [1.54, 1.807) is 17.2 Å². The van der Waals surface area contributed by atoms with Crippen molar-refractivity contribution in [2.75, 3.05) is 23.2 Å². The number of carbonyl (C=O) groups excluding carboxylic acids is 2. The smallest absolute Gasteiger partial charge is 0.266 e. The molecule has 0 spiro atoms. The molecule has 7 nitrogen and oxygen atoms in total. The van der Waals surface area contributed by atoms with Crippen LogP contribution in [0.25, 0.3) is 0 Å². The molecule has 3 aromatic carbocycles. The molecule has 0 bridgehead atoms. The highest BCUT2D eigenvalue weighted by molar-refractivity contribution is 6.23. The third-order valence-corrected chi connectivity index (χ3v) is 6.51. The van der Waals surface area contributed by atoms with Gasteiger partial charge >= 0.3 is 0 Å². The molecule has 3 aromatic rings. The predicted molar refractivity (Wildman–Crippen MR) is 137 cm³/mol. The zero-order chi connectivity index (χ0) is 25.1. The number of para-hydroxylation sites is 2. The summed E-state index contributed by atoms with van der Waals surface area (Å²) in [7, 11) is 0. The molecule has 2 fully saturated rings.